The zero-order valence-electron chi connectivity index (χ0n) is 12.9. The van der Waals surface area contributed by atoms with E-state index in [2.05, 4.69) is 40.9 Å². The first-order chi connectivity index (χ1) is 10.2. The van der Waals surface area contributed by atoms with Gasteiger partial charge in [0.25, 0.3) is 0 Å². The lowest BCUT2D eigenvalue weighted by Gasteiger charge is -2.33. The number of nitrogens with two attached hydrogens (primary N) is 1. The van der Waals surface area contributed by atoms with Gasteiger partial charge in [-0.05, 0) is 50.7 Å². The van der Waals surface area contributed by atoms with E-state index in [9.17, 15) is 0 Å². The van der Waals surface area contributed by atoms with Crippen molar-refractivity contribution in [2.45, 2.75) is 25.8 Å². The fourth-order valence-corrected chi connectivity index (χ4v) is 3.31. The third-order valence-electron chi connectivity index (χ3n) is 4.43. The van der Waals surface area contributed by atoms with Crippen LogP contribution in [0.2, 0.25) is 0 Å². The Hall–Kier alpha value is -1.81. The first-order valence-corrected chi connectivity index (χ1v) is 7.78. The summed E-state index contributed by atoms with van der Waals surface area (Å²) >= 11 is 0. The van der Waals surface area contributed by atoms with Gasteiger partial charge >= 0.3 is 0 Å². The molecule has 4 heteroatoms. The van der Waals surface area contributed by atoms with Gasteiger partial charge in [-0.3, -0.25) is 4.98 Å². The van der Waals surface area contributed by atoms with Gasteiger partial charge in [0.2, 0.25) is 0 Å². The quantitative estimate of drug-likeness (QED) is 0.861. The molecule has 1 aromatic carbocycles. The lowest BCUT2D eigenvalue weighted by molar-refractivity contribution is 0.328. The van der Waals surface area contributed by atoms with Gasteiger partial charge in [-0.1, -0.05) is 6.92 Å². The average molecular weight is 284 g/mol. The summed E-state index contributed by atoms with van der Waals surface area (Å²) in [6.45, 7) is 5.67. The number of hydrogen-bond donors (Lipinski definition) is 1. The molecule has 3 rings (SSSR count). The van der Waals surface area contributed by atoms with E-state index < -0.39 is 0 Å². The molecule has 1 aliphatic rings. The second-order valence-electron chi connectivity index (χ2n) is 5.98. The van der Waals surface area contributed by atoms with Gasteiger partial charge < -0.3 is 15.5 Å². The van der Waals surface area contributed by atoms with Gasteiger partial charge in [0.05, 0.1) is 5.52 Å². The topological polar surface area (TPSA) is 45.4 Å². The van der Waals surface area contributed by atoms with Crippen molar-refractivity contribution in [3.05, 3.63) is 30.5 Å². The molecule has 0 bridgehead atoms. The molecule has 1 atom stereocenters. The minimum absolute atomic E-state index is 0.556. The van der Waals surface area contributed by atoms with Crippen molar-refractivity contribution in [3.8, 4) is 0 Å². The molecule has 1 fully saturated rings. The number of fused-ring (bicyclic) bond motifs is 1. The number of anilines is 2. The summed E-state index contributed by atoms with van der Waals surface area (Å²) in [6.07, 6.45) is 4.26. The molecular weight excluding hydrogens is 260 g/mol. The third kappa shape index (κ3) is 2.81. The average Bonchev–Trinajstić information content (AvgIpc) is 2.67. The summed E-state index contributed by atoms with van der Waals surface area (Å²) in [5.74, 6) is 0. The van der Waals surface area contributed by atoms with Crippen LogP contribution in [0.15, 0.2) is 30.5 Å². The number of rotatable bonds is 2. The molecule has 2 N–H and O–H groups in total. The van der Waals surface area contributed by atoms with Crippen molar-refractivity contribution in [3.63, 3.8) is 0 Å². The van der Waals surface area contributed by atoms with Gasteiger partial charge in [-0.15, -0.1) is 0 Å². The first-order valence-electron chi connectivity index (χ1n) is 7.78. The van der Waals surface area contributed by atoms with Gasteiger partial charge in [-0.2, -0.15) is 0 Å². The Bertz CT molecular complexity index is 625. The Morgan fingerprint density at radius 3 is 2.95 bits per heavy atom. The minimum Gasteiger partial charge on any atom is -0.399 e. The number of nitrogens with zero attached hydrogens (tertiary/aromatic N) is 3. The molecule has 1 aromatic heterocycles. The van der Waals surface area contributed by atoms with Crippen LogP contribution in [0.5, 0.6) is 0 Å². The summed E-state index contributed by atoms with van der Waals surface area (Å²) in [5, 5.41) is 1.20. The van der Waals surface area contributed by atoms with E-state index in [1.165, 1.54) is 24.0 Å². The fourth-order valence-electron chi connectivity index (χ4n) is 3.31. The van der Waals surface area contributed by atoms with E-state index in [0.29, 0.717) is 6.04 Å². The molecule has 0 radical (unpaired) electrons. The molecule has 2 heterocycles. The highest BCUT2D eigenvalue weighted by Crippen LogP contribution is 2.30. The van der Waals surface area contributed by atoms with Gasteiger partial charge in [0.1, 0.15) is 0 Å². The Balaban J connectivity index is 2.05. The Kier molecular flexibility index (Phi) is 3.97. The number of benzene rings is 1. The summed E-state index contributed by atoms with van der Waals surface area (Å²) in [6, 6.07) is 8.74. The van der Waals surface area contributed by atoms with Crippen LogP contribution in [0.3, 0.4) is 0 Å². The summed E-state index contributed by atoms with van der Waals surface area (Å²) in [7, 11) is 2.22. The van der Waals surface area contributed by atoms with Crippen molar-refractivity contribution in [2.24, 2.45) is 0 Å². The Morgan fingerprint density at radius 2 is 2.14 bits per heavy atom. The standard InChI is InChI=1S/C17H24N4/c1-3-14-12-20(2)9-4-10-21(14)17-7-8-19-16-11-13(18)5-6-15(16)17/h5-8,11,14H,3-4,9-10,12,18H2,1-2H3. The maximum atomic E-state index is 5.89. The van der Waals surface area contributed by atoms with Crippen LogP contribution in [0.1, 0.15) is 19.8 Å². The number of likely N-dealkylation sites (N-methyl/N-ethyl adjacent to an activating group) is 1. The van der Waals surface area contributed by atoms with E-state index in [0.717, 1.165) is 30.7 Å². The Labute approximate surface area is 126 Å². The van der Waals surface area contributed by atoms with Crippen molar-refractivity contribution < 1.29 is 0 Å². The Morgan fingerprint density at radius 1 is 1.29 bits per heavy atom. The summed E-state index contributed by atoms with van der Waals surface area (Å²) < 4.78 is 0. The van der Waals surface area contributed by atoms with Crippen molar-refractivity contribution in [1.29, 1.82) is 0 Å². The molecule has 0 amide bonds. The van der Waals surface area contributed by atoms with Crippen LogP contribution in [-0.2, 0) is 0 Å². The normalized spacial score (nSPS) is 20.7. The predicted octanol–water partition coefficient (Wildman–Crippen LogP) is 2.74. The smallest absolute Gasteiger partial charge is 0.0743 e. The predicted molar refractivity (Wildman–Crippen MR) is 89.7 cm³/mol. The van der Waals surface area contributed by atoms with E-state index >= 15 is 0 Å². The highest BCUT2D eigenvalue weighted by atomic mass is 15.2. The summed E-state index contributed by atoms with van der Waals surface area (Å²) in [4.78, 5) is 9.47. The van der Waals surface area contributed by atoms with Crippen molar-refractivity contribution in [2.75, 3.05) is 37.3 Å². The number of aromatic nitrogens is 1. The lowest BCUT2D eigenvalue weighted by Crippen LogP contribution is -2.39. The SMILES string of the molecule is CCC1CN(C)CCCN1c1ccnc2cc(N)ccc12. The second kappa shape index (κ2) is 5.90. The van der Waals surface area contributed by atoms with Crippen LogP contribution in [-0.4, -0.2) is 42.6 Å². The van der Waals surface area contributed by atoms with Gasteiger partial charge in [-0.25, -0.2) is 0 Å². The zero-order valence-corrected chi connectivity index (χ0v) is 12.9. The molecule has 1 unspecified atom stereocenters. The monoisotopic (exact) mass is 284 g/mol. The third-order valence-corrected chi connectivity index (χ3v) is 4.43. The molecule has 2 aromatic rings. The van der Waals surface area contributed by atoms with Crippen LogP contribution in [0.4, 0.5) is 11.4 Å². The number of pyridine rings is 1. The van der Waals surface area contributed by atoms with Crippen molar-refractivity contribution in [1.82, 2.24) is 9.88 Å². The highest BCUT2D eigenvalue weighted by Gasteiger charge is 2.23. The highest BCUT2D eigenvalue weighted by molar-refractivity contribution is 5.93. The lowest BCUT2D eigenvalue weighted by atomic mass is 10.1. The van der Waals surface area contributed by atoms with Crippen LogP contribution in [0.25, 0.3) is 10.9 Å². The molecule has 1 aliphatic heterocycles. The number of hydrogen-bond acceptors (Lipinski definition) is 4. The molecule has 0 saturated carbocycles. The molecule has 0 spiro atoms. The second-order valence-corrected chi connectivity index (χ2v) is 5.98. The summed E-state index contributed by atoms with van der Waals surface area (Å²) in [5.41, 5.74) is 8.94. The molecule has 21 heavy (non-hydrogen) atoms. The minimum atomic E-state index is 0.556. The largest absolute Gasteiger partial charge is 0.399 e. The van der Waals surface area contributed by atoms with E-state index in [1.807, 2.05) is 18.3 Å². The maximum absolute atomic E-state index is 5.89. The first kappa shape index (κ1) is 14.1. The zero-order chi connectivity index (χ0) is 14.8. The van der Waals surface area contributed by atoms with Crippen molar-refractivity contribution >= 4 is 22.3 Å². The van der Waals surface area contributed by atoms with Gasteiger partial charge in [0, 0.05) is 42.1 Å². The van der Waals surface area contributed by atoms with E-state index in [1.54, 1.807) is 0 Å². The van der Waals surface area contributed by atoms with Crippen LogP contribution >= 0.6 is 0 Å². The molecule has 0 aliphatic carbocycles. The fraction of sp³-hybridized carbons (Fsp3) is 0.471. The van der Waals surface area contributed by atoms with E-state index in [-0.39, 0.29) is 0 Å². The van der Waals surface area contributed by atoms with Crippen LogP contribution < -0.4 is 10.6 Å². The molecule has 1 saturated heterocycles. The number of nitrogen functional groups attached to an aromatic ring is 1. The molecule has 112 valence electrons. The van der Waals surface area contributed by atoms with Crippen LogP contribution in [0, 0.1) is 0 Å². The van der Waals surface area contributed by atoms with E-state index in [4.69, 9.17) is 5.73 Å². The molecular formula is C17H24N4. The maximum Gasteiger partial charge on any atom is 0.0743 e. The molecule has 4 nitrogen and oxygen atoms in total. The van der Waals surface area contributed by atoms with Gasteiger partial charge in [0.15, 0.2) is 0 Å².